The highest BCUT2D eigenvalue weighted by Gasteiger charge is 2.30. The van der Waals surface area contributed by atoms with E-state index in [2.05, 4.69) is 5.32 Å². The lowest BCUT2D eigenvalue weighted by atomic mass is 9.84. The summed E-state index contributed by atoms with van der Waals surface area (Å²) in [7, 11) is 0. The van der Waals surface area contributed by atoms with Crippen LogP contribution in [-0.2, 0) is 0 Å². The molecule has 2 aliphatic rings. The van der Waals surface area contributed by atoms with Crippen LogP contribution in [0.15, 0.2) is 0 Å². The number of hydrogen-bond acceptors (Lipinski definition) is 2. The van der Waals surface area contributed by atoms with Gasteiger partial charge < -0.3 is 11.1 Å². The quantitative estimate of drug-likeness (QED) is 0.590. The Morgan fingerprint density at radius 1 is 1.10 bits per heavy atom. The topological polar surface area (TPSA) is 38.0 Å². The highest BCUT2D eigenvalue weighted by atomic mass is 15.0. The van der Waals surface area contributed by atoms with Crippen LogP contribution in [0.5, 0.6) is 0 Å². The molecule has 2 unspecified atom stereocenters. The molecule has 0 aromatic rings. The molecule has 10 heavy (non-hydrogen) atoms. The largest absolute Gasteiger partial charge is 0.326 e. The van der Waals surface area contributed by atoms with Crippen molar-refractivity contribution in [3.8, 4) is 0 Å². The van der Waals surface area contributed by atoms with Gasteiger partial charge >= 0.3 is 0 Å². The van der Waals surface area contributed by atoms with Gasteiger partial charge in [0.15, 0.2) is 0 Å². The van der Waals surface area contributed by atoms with E-state index >= 15 is 0 Å². The highest BCUT2D eigenvalue weighted by Crippen LogP contribution is 2.24. The third-order valence-electron chi connectivity index (χ3n) is 2.88. The Balaban J connectivity index is 1.69. The predicted octanol–water partition coefficient (Wildman–Crippen LogP) is 0.618. The lowest BCUT2D eigenvalue weighted by molar-refractivity contribution is 0.216. The fourth-order valence-corrected chi connectivity index (χ4v) is 1.61. The van der Waals surface area contributed by atoms with Crippen molar-refractivity contribution in [3.63, 3.8) is 0 Å². The van der Waals surface area contributed by atoms with E-state index < -0.39 is 0 Å². The van der Waals surface area contributed by atoms with Gasteiger partial charge in [0, 0.05) is 18.1 Å². The molecular weight excluding hydrogens is 124 g/mol. The van der Waals surface area contributed by atoms with Crippen LogP contribution in [0.3, 0.4) is 0 Å². The van der Waals surface area contributed by atoms with Gasteiger partial charge in [-0.25, -0.2) is 0 Å². The second-order valence-electron chi connectivity index (χ2n) is 3.64. The van der Waals surface area contributed by atoms with E-state index in [1.165, 1.54) is 32.1 Å². The zero-order valence-corrected chi connectivity index (χ0v) is 6.34. The first-order valence-electron chi connectivity index (χ1n) is 4.38. The van der Waals surface area contributed by atoms with Crippen molar-refractivity contribution in [2.24, 2.45) is 5.73 Å². The van der Waals surface area contributed by atoms with Gasteiger partial charge in [-0.15, -0.1) is 0 Å². The van der Waals surface area contributed by atoms with Gasteiger partial charge in [-0.3, -0.25) is 0 Å². The van der Waals surface area contributed by atoms with Gasteiger partial charge in [-0.1, -0.05) is 6.42 Å². The second kappa shape index (κ2) is 2.51. The summed E-state index contributed by atoms with van der Waals surface area (Å²) in [6.07, 6.45) is 6.70. The fourth-order valence-electron chi connectivity index (χ4n) is 1.61. The maximum atomic E-state index is 5.79. The summed E-state index contributed by atoms with van der Waals surface area (Å²) in [6, 6.07) is 1.93. The van der Waals surface area contributed by atoms with Crippen LogP contribution in [0.2, 0.25) is 0 Å². The van der Waals surface area contributed by atoms with Crippen molar-refractivity contribution in [2.75, 3.05) is 0 Å². The molecule has 2 fully saturated rings. The second-order valence-corrected chi connectivity index (χ2v) is 3.64. The molecule has 2 aliphatic carbocycles. The molecule has 0 saturated heterocycles. The van der Waals surface area contributed by atoms with Crippen LogP contribution < -0.4 is 11.1 Å². The van der Waals surface area contributed by atoms with E-state index in [0.29, 0.717) is 12.1 Å². The van der Waals surface area contributed by atoms with Crippen molar-refractivity contribution >= 4 is 0 Å². The summed E-state index contributed by atoms with van der Waals surface area (Å²) in [4.78, 5) is 0. The van der Waals surface area contributed by atoms with Crippen molar-refractivity contribution in [1.82, 2.24) is 5.32 Å². The molecule has 2 atom stereocenters. The molecule has 0 spiro atoms. The first-order chi connectivity index (χ1) is 4.86. The molecule has 2 heteroatoms. The minimum Gasteiger partial charge on any atom is -0.326 e. The van der Waals surface area contributed by atoms with Gasteiger partial charge in [0.1, 0.15) is 0 Å². The Kier molecular flexibility index (Phi) is 1.66. The number of nitrogens with two attached hydrogens (primary N) is 1. The third-order valence-corrected chi connectivity index (χ3v) is 2.88. The van der Waals surface area contributed by atoms with E-state index in [9.17, 15) is 0 Å². The van der Waals surface area contributed by atoms with E-state index in [1.54, 1.807) is 0 Å². The highest BCUT2D eigenvalue weighted by molar-refractivity contribution is 4.93. The Labute approximate surface area is 62.2 Å². The molecule has 3 N–H and O–H groups in total. The molecule has 0 amide bonds. The minimum atomic E-state index is 0.459. The number of nitrogens with one attached hydrogen (secondary N) is 1. The molecule has 0 aromatic heterocycles. The molecule has 0 heterocycles. The first kappa shape index (κ1) is 6.62. The van der Waals surface area contributed by atoms with Crippen LogP contribution in [0.1, 0.15) is 32.1 Å². The lowest BCUT2D eigenvalue weighted by Crippen LogP contribution is -2.57. The summed E-state index contributed by atoms with van der Waals surface area (Å²) < 4.78 is 0. The Hall–Kier alpha value is -0.0800. The smallest absolute Gasteiger partial charge is 0.0222 e. The van der Waals surface area contributed by atoms with Crippen molar-refractivity contribution in [1.29, 1.82) is 0 Å². The van der Waals surface area contributed by atoms with Crippen LogP contribution >= 0.6 is 0 Å². The molecule has 2 saturated carbocycles. The standard InChI is InChI=1S/C8H16N2/c9-7-4-5-8(7)10-6-2-1-3-6/h6-8,10H,1-5,9H2. The molecule has 0 radical (unpaired) electrons. The third kappa shape index (κ3) is 1.06. The summed E-state index contributed by atoms with van der Waals surface area (Å²) >= 11 is 0. The van der Waals surface area contributed by atoms with Gasteiger partial charge in [0.05, 0.1) is 0 Å². The number of hydrogen-bond donors (Lipinski definition) is 2. The molecule has 0 bridgehead atoms. The molecule has 2 rings (SSSR count). The Morgan fingerprint density at radius 3 is 2.20 bits per heavy atom. The summed E-state index contributed by atoms with van der Waals surface area (Å²) in [6.45, 7) is 0. The van der Waals surface area contributed by atoms with E-state index in [-0.39, 0.29) is 0 Å². The molecule has 58 valence electrons. The van der Waals surface area contributed by atoms with Crippen LogP contribution in [-0.4, -0.2) is 18.1 Å². The van der Waals surface area contributed by atoms with Gasteiger partial charge in [-0.2, -0.15) is 0 Å². The lowest BCUT2D eigenvalue weighted by Gasteiger charge is -2.40. The molecular formula is C8H16N2. The maximum Gasteiger partial charge on any atom is 0.0222 e. The van der Waals surface area contributed by atoms with Gasteiger partial charge in [0.2, 0.25) is 0 Å². The van der Waals surface area contributed by atoms with Crippen LogP contribution in [0.25, 0.3) is 0 Å². The Bertz CT molecular complexity index is 120. The molecule has 0 aromatic carbocycles. The Morgan fingerprint density at radius 2 is 1.90 bits per heavy atom. The zero-order valence-electron chi connectivity index (χ0n) is 6.34. The van der Waals surface area contributed by atoms with Crippen molar-refractivity contribution in [2.45, 2.75) is 50.2 Å². The van der Waals surface area contributed by atoms with E-state index in [0.717, 1.165) is 6.04 Å². The average Bonchev–Trinajstić information content (AvgIpc) is 1.82. The predicted molar refractivity (Wildman–Crippen MR) is 41.8 cm³/mol. The van der Waals surface area contributed by atoms with Crippen LogP contribution in [0.4, 0.5) is 0 Å². The van der Waals surface area contributed by atoms with Gasteiger partial charge in [0.25, 0.3) is 0 Å². The summed E-state index contributed by atoms with van der Waals surface area (Å²) in [5.74, 6) is 0. The monoisotopic (exact) mass is 140 g/mol. The van der Waals surface area contributed by atoms with Crippen molar-refractivity contribution < 1.29 is 0 Å². The fraction of sp³-hybridized carbons (Fsp3) is 1.00. The number of rotatable bonds is 2. The zero-order chi connectivity index (χ0) is 6.97. The maximum absolute atomic E-state index is 5.79. The normalized spacial score (nSPS) is 40.5. The van der Waals surface area contributed by atoms with E-state index in [4.69, 9.17) is 5.73 Å². The molecule has 2 nitrogen and oxygen atoms in total. The van der Waals surface area contributed by atoms with Gasteiger partial charge in [-0.05, 0) is 25.7 Å². The van der Waals surface area contributed by atoms with Crippen LogP contribution in [0, 0.1) is 0 Å². The SMILES string of the molecule is NC1CCC1NC1CCC1. The average molecular weight is 140 g/mol. The minimum absolute atomic E-state index is 0.459. The first-order valence-corrected chi connectivity index (χ1v) is 4.38. The summed E-state index contributed by atoms with van der Waals surface area (Å²) in [5.41, 5.74) is 5.79. The summed E-state index contributed by atoms with van der Waals surface area (Å²) in [5, 5.41) is 3.58. The van der Waals surface area contributed by atoms with E-state index in [1.807, 2.05) is 0 Å². The van der Waals surface area contributed by atoms with Crippen molar-refractivity contribution in [3.05, 3.63) is 0 Å². The molecule has 0 aliphatic heterocycles.